The van der Waals surface area contributed by atoms with E-state index in [1.807, 2.05) is 36.4 Å². The summed E-state index contributed by atoms with van der Waals surface area (Å²) in [6.07, 6.45) is 0.883. The summed E-state index contributed by atoms with van der Waals surface area (Å²) in [5, 5.41) is 0.0603. The summed E-state index contributed by atoms with van der Waals surface area (Å²) in [7, 11) is 0. The minimum Gasteiger partial charge on any atom is -0.362 e. The van der Waals surface area contributed by atoms with E-state index in [2.05, 4.69) is 40.2 Å². The van der Waals surface area contributed by atoms with E-state index in [1.54, 1.807) is 0 Å². The van der Waals surface area contributed by atoms with Gasteiger partial charge in [-0.15, -0.1) is 0 Å². The molecule has 0 spiro atoms. The topological polar surface area (TPSA) is 9.23 Å². The van der Waals surface area contributed by atoms with Gasteiger partial charge in [0.2, 0.25) is 0 Å². The molecule has 0 saturated carbocycles. The van der Waals surface area contributed by atoms with Gasteiger partial charge in [-0.1, -0.05) is 76.6 Å². The second-order valence-electron chi connectivity index (χ2n) is 3.90. The fraction of sp³-hybridized carbons (Fsp3) is 0.200. The highest BCUT2D eigenvalue weighted by Gasteiger charge is 2.05. The molecule has 0 aliphatic carbocycles. The minimum absolute atomic E-state index is 0.0603. The molecule has 0 fully saturated rings. The summed E-state index contributed by atoms with van der Waals surface area (Å²) in [5.41, 5.74) is 2.48. The molecule has 1 atom stereocenters. The normalized spacial score (nSPS) is 12.3. The standard InChI is InChI=1S/C15H15BrO/c16-15(11-13-7-3-1-4-8-13)17-12-14-9-5-2-6-10-14/h1-10,15H,11-12H2. The Bertz CT molecular complexity index is 427. The summed E-state index contributed by atoms with van der Waals surface area (Å²) < 4.78 is 5.75. The molecule has 2 aromatic rings. The summed E-state index contributed by atoms with van der Waals surface area (Å²) in [6, 6.07) is 20.6. The number of rotatable bonds is 5. The Hall–Kier alpha value is -1.12. The molecule has 0 aromatic heterocycles. The second-order valence-corrected chi connectivity index (χ2v) is 4.92. The van der Waals surface area contributed by atoms with E-state index in [0.29, 0.717) is 6.61 Å². The zero-order valence-corrected chi connectivity index (χ0v) is 11.1. The highest BCUT2D eigenvalue weighted by Crippen LogP contribution is 2.13. The van der Waals surface area contributed by atoms with Gasteiger partial charge in [-0.3, -0.25) is 0 Å². The minimum atomic E-state index is 0.0603. The van der Waals surface area contributed by atoms with Crippen molar-refractivity contribution in [3.63, 3.8) is 0 Å². The molecule has 0 heterocycles. The van der Waals surface area contributed by atoms with Gasteiger partial charge >= 0.3 is 0 Å². The first-order valence-corrected chi connectivity index (χ1v) is 6.59. The molecule has 1 nitrogen and oxygen atoms in total. The van der Waals surface area contributed by atoms with Crippen LogP contribution in [0.15, 0.2) is 60.7 Å². The maximum Gasteiger partial charge on any atom is 0.116 e. The Labute approximate surface area is 111 Å². The van der Waals surface area contributed by atoms with Gasteiger partial charge in [-0.2, -0.15) is 0 Å². The van der Waals surface area contributed by atoms with Gasteiger partial charge in [-0.05, 0) is 11.1 Å². The average Bonchev–Trinajstić information content (AvgIpc) is 2.39. The van der Waals surface area contributed by atoms with Crippen LogP contribution in [0.4, 0.5) is 0 Å². The molecule has 0 amide bonds. The van der Waals surface area contributed by atoms with Crippen LogP contribution < -0.4 is 0 Å². The maximum atomic E-state index is 5.75. The molecule has 0 bridgehead atoms. The van der Waals surface area contributed by atoms with E-state index in [9.17, 15) is 0 Å². The fourth-order valence-electron chi connectivity index (χ4n) is 1.62. The van der Waals surface area contributed by atoms with Crippen LogP contribution in [0.1, 0.15) is 11.1 Å². The first-order chi connectivity index (χ1) is 8.34. The lowest BCUT2D eigenvalue weighted by Crippen LogP contribution is -2.08. The number of ether oxygens (including phenoxy) is 1. The van der Waals surface area contributed by atoms with Crippen LogP contribution >= 0.6 is 15.9 Å². The van der Waals surface area contributed by atoms with E-state index in [1.165, 1.54) is 11.1 Å². The number of hydrogen-bond donors (Lipinski definition) is 0. The van der Waals surface area contributed by atoms with Gasteiger partial charge in [0.15, 0.2) is 0 Å². The first-order valence-electron chi connectivity index (χ1n) is 5.68. The van der Waals surface area contributed by atoms with Gasteiger partial charge in [0, 0.05) is 6.42 Å². The number of halogens is 1. The molecule has 1 unspecified atom stereocenters. The van der Waals surface area contributed by atoms with Crippen molar-refractivity contribution in [1.82, 2.24) is 0 Å². The third kappa shape index (κ3) is 4.33. The number of benzene rings is 2. The van der Waals surface area contributed by atoms with Gasteiger partial charge in [-0.25, -0.2) is 0 Å². The van der Waals surface area contributed by atoms with Crippen LogP contribution in [0, 0.1) is 0 Å². The largest absolute Gasteiger partial charge is 0.362 e. The smallest absolute Gasteiger partial charge is 0.116 e. The van der Waals surface area contributed by atoms with E-state index in [0.717, 1.165) is 6.42 Å². The predicted molar refractivity (Wildman–Crippen MR) is 74.1 cm³/mol. The molecule has 2 heteroatoms. The van der Waals surface area contributed by atoms with Crippen molar-refractivity contribution in [3.05, 3.63) is 71.8 Å². The molecule has 0 saturated heterocycles. The van der Waals surface area contributed by atoms with Crippen molar-refractivity contribution in [1.29, 1.82) is 0 Å². The molecule has 2 rings (SSSR count). The van der Waals surface area contributed by atoms with Crippen molar-refractivity contribution in [2.24, 2.45) is 0 Å². The van der Waals surface area contributed by atoms with Crippen molar-refractivity contribution >= 4 is 15.9 Å². The molecule has 2 aromatic carbocycles. The molecule has 0 aliphatic rings. The van der Waals surface area contributed by atoms with Crippen LogP contribution in [0.2, 0.25) is 0 Å². The SMILES string of the molecule is BrC(Cc1ccccc1)OCc1ccccc1. The summed E-state index contributed by atoms with van der Waals surface area (Å²) in [6.45, 7) is 0.642. The highest BCUT2D eigenvalue weighted by molar-refractivity contribution is 9.09. The second kappa shape index (κ2) is 6.58. The van der Waals surface area contributed by atoms with Gasteiger partial charge in [0.1, 0.15) is 5.01 Å². The highest BCUT2D eigenvalue weighted by atomic mass is 79.9. The van der Waals surface area contributed by atoms with Gasteiger partial charge in [0.05, 0.1) is 6.61 Å². The predicted octanol–water partition coefficient (Wildman–Crippen LogP) is 4.17. The Balaban J connectivity index is 1.80. The Morgan fingerprint density at radius 3 is 1.94 bits per heavy atom. The summed E-state index contributed by atoms with van der Waals surface area (Å²) in [4.78, 5) is 0. The molecular weight excluding hydrogens is 276 g/mol. The van der Waals surface area contributed by atoms with Crippen LogP contribution in [0.5, 0.6) is 0 Å². The van der Waals surface area contributed by atoms with Crippen LogP contribution in [0.25, 0.3) is 0 Å². The zero-order valence-electron chi connectivity index (χ0n) is 9.55. The lowest BCUT2D eigenvalue weighted by Gasteiger charge is -2.11. The van der Waals surface area contributed by atoms with Crippen molar-refractivity contribution in [2.45, 2.75) is 18.0 Å². The van der Waals surface area contributed by atoms with E-state index >= 15 is 0 Å². The molecule has 88 valence electrons. The van der Waals surface area contributed by atoms with Crippen molar-refractivity contribution in [2.75, 3.05) is 0 Å². The number of hydrogen-bond acceptors (Lipinski definition) is 1. The zero-order chi connectivity index (χ0) is 11.9. The third-order valence-corrected chi connectivity index (χ3v) is 3.10. The van der Waals surface area contributed by atoms with Crippen LogP contribution in [-0.4, -0.2) is 5.01 Å². The molecule has 0 radical (unpaired) electrons. The van der Waals surface area contributed by atoms with E-state index < -0.39 is 0 Å². The molecule has 0 aliphatic heterocycles. The Morgan fingerprint density at radius 1 is 0.824 bits per heavy atom. The van der Waals surface area contributed by atoms with Gasteiger partial charge < -0.3 is 4.74 Å². The Kier molecular flexibility index (Phi) is 4.77. The summed E-state index contributed by atoms with van der Waals surface area (Å²) >= 11 is 3.55. The quantitative estimate of drug-likeness (QED) is 0.751. The molecule has 0 N–H and O–H groups in total. The summed E-state index contributed by atoms with van der Waals surface area (Å²) in [5.74, 6) is 0. The lowest BCUT2D eigenvalue weighted by molar-refractivity contribution is 0.104. The van der Waals surface area contributed by atoms with Gasteiger partial charge in [0.25, 0.3) is 0 Å². The maximum absolute atomic E-state index is 5.75. The van der Waals surface area contributed by atoms with Crippen LogP contribution in [-0.2, 0) is 17.8 Å². The van der Waals surface area contributed by atoms with Crippen molar-refractivity contribution in [3.8, 4) is 0 Å². The fourth-order valence-corrected chi connectivity index (χ4v) is 2.13. The van der Waals surface area contributed by atoms with Crippen molar-refractivity contribution < 1.29 is 4.74 Å². The lowest BCUT2D eigenvalue weighted by atomic mass is 10.2. The molecular formula is C15H15BrO. The van der Waals surface area contributed by atoms with Crippen LogP contribution in [0.3, 0.4) is 0 Å². The van der Waals surface area contributed by atoms with E-state index in [4.69, 9.17) is 4.74 Å². The number of alkyl halides is 1. The monoisotopic (exact) mass is 290 g/mol. The van der Waals surface area contributed by atoms with E-state index in [-0.39, 0.29) is 5.01 Å². The average molecular weight is 291 g/mol. The molecule has 17 heavy (non-hydrogen) atoms. The Morgan fingerprint density at radius 2 is 1.35 bits per heavy atom. The third-order valence-electron chi connectivity index (χ3n) is 2.51. The first kappa shape index (κ1) is 12.3.